The summed E-state index contributed by atoms with van der Waals surface area (Å²) in [5, 5.41) is 9.78. The molecule has 134 valence electrons. The molecule has 1 aliphatic rings. The zero-order chi connectivity index (χ0) is 17.6. The molecule has 0 spiro atoms. The Balaban J connectivity index is 1.43. The molecule has 25 heavy (non-hydrogen) atoms. The summed E-state index contributed by atoms with van der Waals surface area (Å²) in [5.41, 5.74) is 1.14. The molecule has 1 atom stereocenters. The lowest BCUT2D eigenvalue weighted by Gasteiger charge is -2.31. The maximum absolute atomic E-state index is 12.3. The van der Waals surface area contributed by atoms with E-state index < -0.39 is 0 Å². The minimum Gasteiger partial charge on any atom is -0.492 e. The summed E-state index contributed by atoms with van der Waals surface area (Å²) in [7, 11) is 0. The van der Waals surface area contributed by atoms with Crippen LogP contribution >= 0.6 is 0 Å². The zero-order valence-corrected chi connectivity index (χ0v) is 14.5. The third kappa shape index (κ3) is 4.69. The number of hydrogen-bond acceptors (Lipinski definition) is 5. The third-order valence-electron chi connectivity index (χ3n) is 3.89. The van der Waals surface area contributed by atoms with E-state index in [-0.39, 0.29) is 12.1 Å². The van der Waals surface area contributed by atoms with Crippen LogP contribution in [0.3, 0.4) is 0 Å². The van der Waals surface area contributed by atoms with Crippen LogP contribution in [0.15, 0.2) is 24.3 Å². The topological polar surface area (TPSA) is 92.4 Å². The first-order valence-corrected chi connectivity index (χ1v) is 8.34. The number of carbonyl (C=O) groups is 1. The number of carbonyl (C=O) groups excluding carboxylic acids is 1. The van der Waals surface area contributed by atoms with E-state index in [1.807, 2.05) is 38.1 Å². The molecule has 0 unspecified atom stereocenters. The number of aromatic nitrogens is 3. The summed E-state index contributed by atoms with van der Waals surface area (Å²) in [6, 6.07) is 7.70. The maximum Gasteiger partial charge on any atom is 0.317 e. The monoisotopic (exact) mass is 345 g/mol. The van der Waals surface area contributed by atoms with Crippen LogP contribution < -0.4 is 10.1 Å². The van der Waals surface area contributed by atoms with E-state index in [0.29, 0.717) is 38.7 Å². The second-order valence-electron chi connectivity index (χ2n) is 5.98. The summed E-state index contributed by atoms with van der Waals surface area (Å²) >= 11 is 0. The van der Waals surface area contributed by atoms with Gasteiger partial charge in [-0.3, -0.25) is 5.10 Å². The normalized spacial score (nSPS) is 17.4. The van der Waals surface area contributed by atoms with E-state index in [1.165, 1.54) is 0 Å². The first-order valence-electron chi connectivity index (χ1n) is 8.34. The van der Waals surface area contributed by atoms with E-state index in [9.17, 15) is 4.79 Å². The van der Waals surface area contributed by atoms with Gasteiger partial charge in [0.05, 0.1) is 19.7 Å². The number of aryl methyl sites for hydroxylation is 2. The van der Waals surface area contributed by atoms with Crippen molar-refractivity contribution in [2.75, 3.05) is 32.8 Å². The molecule has 2 heterocycles. The second-order valence-corrected chi connectivity index (χ2v) is 5.98. The van der Waals surface area contributed by atoms with Crippen molar-refractivity contribution in [1.29, 1.82) is 0 Å². The van der Waals surface area contributed by atoms with Gasteiger partial charge >= 0.3 is 6.03 Å². The predicted molar refractivity (Wildman–Crippen MR) is 91.5 cm³/mol. The number of hydrogen-bond donors (Lipinski definition) is 2. The number of rotatable bonds is 5. The molecular formula is C17H23N5O3. The van der Waals surface area contributed by atoms with E-state index in [2.05, 4.69) is 20.5 Å². The van der Waals surface area contributed by atoms with Crippen molar-refractivity contribution < 1.29 is 14.3 Å². The number of nitrogens with zero attached hydrogens (tertiary/aromatic N) is 3. The lowest BCUT2D eigenvalue weighted by molar-refractivity contribution is -0.0198. The van der Waals surface area contributed by atoms with Crippen LogP contribution in [-0.4, -0.2) is 59.0 Å². The Kier molecular flexibility index (Phi) is 5.49. The predicted octanol–water partition coefficient (Wildman–Crippen LogP) is 1.58. The van der Waals surface area contributed by atoms with Crippen molar-refractivity contribution in [2.45, 2.75) is 20.0 Å². The van der Waals surface area contributed by atoms with Gasteiger partial charge < -0.3 is 19.7 Å². The van der Waals surface area contributed by atoms with Crippen LogP contribution in [0.25, 0.3) is 0 Å². The fourth-order valence-corrected chi connectivity index (χ4v) is 2.64. The molecule has 1 aromatic heterocycles. The van der Waals surface area contributed by atoms with Crippen molar-refractivity contribution in [3.05, 3.63) is 41.5 Å². The fraction of sp³-hybridized carbons (Fsp3) is 0.471. The minimum absolute atomic E-state index is 0.131. The van der Waals surface area contributed by atoms with Crippen LogP contribution in [0, 0.1) is 13.8 Å². The highest BCUT2D eigenvalue weighted by Gasteiger charge is 2.27. The van der Waals surface area contributed by atoms with E-state index in [0.717, 1.165) is 17.1 Å². The highest BCUT2D eigenvalue weighted by Crippen LogP contribution is 2.19. The molecule has 0 radical (unpaired) electrons. The SMILES string of the molecule is Cc1cccc(OCCNC(=O)N2CCO[C@H](c3n[nH]c(C)n3)C2)c1. The number of morpholine rings is 1. The molecule has 2 N–H and O–H groups in total. The Morgan fingerprint density at radius 3 is 3.12 bits per heavy atom. The van der Waals surface area contributed by atoms with Gasteiger partial charge in [-0.15, -0.1) is 0 Å². The van der Waals surface area contributed by atoms with E-state index >= 15 is 0 Å². The molecule has 1 fully saturated rings. The summed E-state index contributed by atoms with van der Waals surface area (Å²) in [6.07, 6.45) is -0.298. The molecule has 1 aromatic carbocycles. The maximum atomic E-state index is 12.3. The molecular weight excluding hydrogens is 322 g/mol. The van der Waals surface area contributed by atoms with Gasteiger partial charge in [-0.05, 0) is 31.5 Å². The zero-order valence-electron chi connectivity index (χ0n) is 14.5. The largest absolute Gasteiger partial charge is 0.492 e. The van der Waals surface area contributed by atoms with Gasteiger partial charge in [-0.25, -0.2) is 9.78 Å². The molecule has 3 rings (SSSR count). The van der Waals surface area contributed by atoms with Gasteiger partial charge in [0.1, 0.15) is 24.3 Å². The highest BCUT2D eigenvalue weighted by molar-refractivity contribution is 5.74. The fourth-order valence-electron chi connectivity index (χ4n) is 2.64. The molecule has 8 nitrogen and oxygen atoms in total. The molecule has 0 bridgehead atoms. The number of urea groups is 1. The quantitative estimate of drug-likeness (QED) is 0.803. The number of ether oxygens (including phenoxy) is 2. The standard InChI is InChI=1S/C17H23N5O3/c1-12-4-3-5-14(10-12)24-8-6-18-17(23)22-7-9-25-15(11-22)16-19-13(2)20-21-16/h3-5,10,15H,6-9,11H2,1-2H3,(H,18,23)(H,19,20,21)/t15-/m0/s1. The molecule has 0 aliphatic carbocycles. The Hall–Kier alpha value is -2.61. The van der Waals surface area contributed by atoms with Crippen molar-refractivity contribution in [1.82, 2.24) is 25.4 Å². The van der Waals surface area contributed by atoms with E-state index in [4.69, 9.17) is 9.47 Å². The van der Waals surface area contributed by atoms with Crippen LogP contribution in [-0.2, 0) is 4.74 Å². The van der Waals surface area contributed by atoms with E-state index in [1.54, 1.807) is 4.90 Å². The lowest BCUT2D eigenvalue weighted by atomic mass is 10.2. The van der Waals surface area contributed by atoms with Gasteiger partial charge in [0.2, 0.25) is 0 Å². The Morgan fingerprint density at radius 1 is 1.48 bits per heavy atom. The Morgan fingerprint density at radius 2 is 2.36 bits per heavy atom. The van der Waals surface area contributed by atoms with Gasteiger partial charge in [0.15, 0.2) is 5.82 Å². The number of H-pyrrole nitrogens is 1. The summed E-state index contributed by atoms with van der Waals surface area (Å²) in [5.74, 6) is 2.12. The van der Waals surface area contributed by atoms with Gasteiger partial charge in [0, 0.05) is 6.54 Å². The second kappa shape index (κ2) is 7.98. The average Bonchev–Trinajstić information content (AvgIpc) is 3.05. The van der Waals surface area contributed by atoms with Crippen LogP contribution in [0.2, 0.25) is 0 Å². The average molecular weight is 345 g/mol. The smallest absolute Gasteiger partial charge is 0.317 e. The van der Waals surface area contributed by atoms with Crippen LogP contribution in [0.1, 0.15) is 23.3 Å². The summed E-state index contributed by atoms with van der Waals surface area (Å²) < 4.78 is 11.3. The highest BCUT2D eigenvalue weighted by atomic mass is 16.5. The van der Waals surface area contributed by atoms with Crippen molar-refractivity contribution in [3.63, 3.8) is 0 Å². The van der Waals surface area contributed by atoms with Crippen molar-refractivity contribution in [3.8, 4) is 5.75 Å². The molecule has 8 heteroatoms. The number of benzene rings is 1. The number of nitrogens with one attached hydrogen (secondary N) is 2. The third-order valence-corrected chi connectivity index (χ3v) is 3.89. The van der Waals surface area contributed by atoms with Gasteiger partial charge in [0.25, 0.3) is 0 Å². The Labute approximate surface area is 146 Å². The lowest BCUT2D eigenvalue weighted by Crippen LogP contribution is -2.48. The Bertz CT molecular complexity index is 718. The number of amides is 2. The van der Waals surface area contributed by atoms with Crippen LogP contribution in [0.4, 0.5) is 4.79 Å². The van der Waals surface area contributed by atoms with Crippen LogP contribution in [0.5, 0.6) is 5.75 Å². The molecule has 2 aromatic rings. The molecule has 1 saturated heterocycles. The molecule has 2 amide bonds. The van der Waals surface area contributed by atoms with Crippen molar-refractivity contribution >= 4 is 6.03 Å². The number of aromatic amines is 1. The van der Waals surface area contributed by atoms with Gasteiger partial charge in [-0.1, -0.05) is 12.1 Å². The summed E-state index contributed by atoms with van der Waals surface area (Å²) in [4.78, 5) is 18.3. The molecule has 0 saturated carbocycles. The molecule has 1 aliphatic heterocycles. The van der Waals surface area contributed by atoms with Gasteiger partial charge in [-0.2, -0.15) is 5.10 Å². The first-order chi connectivity index (χ1) is 12.1. The van der Waals surface area contributed by atoms with Crippen molar-refractivity contribution in [2.24, 2.45) is 0 Å². The summed E-state index contributed by atoms with van der Waals surface area (Å²) in [6.45, 7) is 6.15. The first kappa shape index (κ1) is 17.2. The minimum atomic E-state index is -0.298.